The molecule has 0 bridgehead atoms. The summed E-state index contributed by atoms with van der Waals surface area (Å²) in [5, 5.41) is 0. The highest BCUT2D eigenvalue weighted by molar-refractivity contribution is 5.47. The van der Waals surface area contributed by atoms with E-state index in [1.807, 2.05) is 17.0 Å². The van der Waals surface area contributed by atoms with Gasteiger partial charge in [0.25, 0.3) is 0 Å². The molecule has 0 aliphatic carbocycles. The first kappa shape index (κ1) is 11.1. The van der Waals surface area contributed by atoms with Crippen LogP contribution in [0, 0.1) is 11.7 Å². The Hall–Kier alpha value is -1.38. The van der Waals surface area contributed by atoms with Gasteiger partial charge in [-0.2, -0.15) is 0 Å². The Morgan fingerprint density at radius 3 is 2.44 bits per heavy atom. The van der Waals surface area contributed by atoms with E-state index in [4.69, 9.17) is 0 Å². The van der Waals surface area contributed by atoms with E-state index >= 15 is 0 Å². The Bertz CT molecular complexity index is 341. The molecule has 16 heavy (non-hydrogen) atoms. The molecule has 1 aromatic carbocycles. The molecule has 2 nitrogen and oxygen atoms in total. The molecule has 1 amide bonds. The second-order valence-corrected chi connectivity index (χ2v) is 4.42. The summed E-state index contributed by atoms with van der Waals surface area (Å²) < 4.78 is 12.7. The molecule has 3 heteroatoms. The average molecular weight is 221 g/mol. The van der Waals surface area contributed by atoms with Crippen molar-refractivity contribution in [2.24, 2.45) is 5.92 Å². The summed E-state index contributed by atoms with van der Waals surface area (Å²) in [6, 6.07) is 6.72. The van der Waals surface area contributed by atoms with Gasteiger partial charge in [0.1, 0.15) is 5.82 Å². The number of rotatable bonds is 3. The van der Waals surface area contributed by atoms with Crippen molar-refractivity contribution in [3.63, 3.8) is 0 Å². The number of piperidine rings is 1. The van der Waals surface area contributed by atoms with Crippen LogP contribution in [0.5, 0.6) is 0 Å². The van der Waals surface area contributed by atoms with Crippen LogP contribution in [0.4, 0.5) is 4.39 Å². The van der Waals surface area contributed by atoms with E-state index in [2.05, 4.69) is 0 Å². The number of benzene rings is 1. The van der Waals surface area contributed by atoms with Crippen molar-refractivity contribution in [2.75, 3.05) is 13.1 Å². The molecule has 1 fully saturated rings. The molecule has 0 saturated carbocycles. The number of carbonyl (C=O) groups excluding carboxylic acids is 1. The molecule has 0 atom stereocenters. The summed E-state index contributed by atoms with van der Waals surface area (Å²) in [5.74, 6) is 0.446. The fourth-order valence-electron chi connectivity index (χ4n) is 2.22. The molecule has 0 spiro atoms. The minimum atomic E-state index is -0.181. The average Bonchev–Trinajstić information content (AvgIpc) is 2.33. The van der Waals surface area contributed by atoms with Gasteiger partial charge < -0.3 is 4.90 Å². The van der Waals surface area contributed by atoms with Crippen LogP contribution in [0.2, 0.25) is 0 Å². The zero-order chi connectivity index (χ0) is 11.4. The summed E-state index contributed by atoms with van der Waals surface area (Å²) in [6.45, 7) is 1.71. The second-order valence-electron chi connectivity index (χ2n) is 4.42. The molecule has 0 unspecified atom stereocenters. The molecule has 0 radical (unpaired) electrons. The van der Waals surface area contributed by atoms with Gasteiger partial charge in [-0.15, -0.1) is 0 Å². The maximum Gasteiger partial charge on any atom is 0.209 e. The predicted octanol–water partition coefficient (Wildman–Crippen LogP) is 2.24. The highest BCUT2D eigenvalue weighted by Gasteiger charge is 2.17. The maximum absolute atomic E-state index is 12.7. The number of hydrogen-bond donors (Lipinski definition) is 0. The molecular formula is C13H16FNO. The van der Waals surface area contributed by atoms with Gasteiger partial charge in [-0.25, -0.2) is 4.39 Å². The summed E-state index contributed by atoms with van der Waals surface area (Å²) in [5.41, 5.74) is 1.19. The minimum Gasteiger partial charge on any atom is -0.345 e. The van der Waals surface area contributed by atoms with Crippen LogP contribution in [0.1, 0.15) is 18.4 Å². The van der Waals surface area contributed by atoms with Crippen molar-refractivity contribution in [1.82, 2.24) is 4.90 Å². The van der Waals surface area contributed by atoms with Crippen molar-refractivity contribution in [1.29, 1.82) is 0 Å². The first-order valence-corrected chi connectivity index (χ1v) is 5.72. The van der Waals surface area contributed by atoms with Crippen molar-refractivity contribution in [3.05, 3.63) is 35.6 Å². The Morgan fingerprint density at radius 1 is 1.25 bits per heavy atom. The fraction of sp³-hybridized carbons (Fsp3) is 0.462. The Balaban J connectivity index is 1.86. The lowest BCUT2D eigenvalue weighted by Crippen LogP contribution is -2.33. The quantitative estimate of drug-likeness (QED) is 0.717. The first-order chi connectivity index (χ1) is 7.78. The third-order valence-electron chi connectivity index (χ3n) is 3.24. The molecule has 1 aromatic rings. The highest BCUT2D eigenvalue weighted by atomic mass is 19.1. The Labute approximate surface area is 95.1 Å². The molecule has 1 aliphatic rings. The van der Waals surface area contributed by atoms with E-state index < -0.39 is 0 Å². The van der Waals surface area contributed by atoms with Gasteiger partial charge >= 0.3 is 0 Å². The Kier molecular flexibility index (Phi) is 3.54. The van der Waals surface area contributed by atoms with Gasteiger partial charge in [-0.3, -0.25) is 4.79 Å². The fourth-order valence-corrected chi connectivity index (χ4v) is 2.22. The lowest BCUT2D eigenvalue weighted by Gasteiger charge is -2.29. The van der Waals surface area contributed by atoms with Crippen molar-refractivity contribution in [2.45, 2.75) is 19.3 Å². The lowest BCUT2D eigenvalue weighted by atomic mass is 9.90. The van der Waals surface area contributed by atoms with Gasteiger partial charge in [0, 0.05) is 13.1 Å². The minimum absolute atomic E-state index is 0.181. The van der Waals surface area contributed by atoms with Crippen molar-refractivity contribution >= 4 is 6.41 Å². The molecule has 2 rings (SSSR count). The molecule has 86 valence electrons. The van der Waals surface area contributed by atoms with Crippen LogP contribution >= 0.6 is 0 Å². The van der Waals surface area contributed by atoms with E-state index in [1.54, 1.807) is 0 Å². The topological polar surface area (TPSA) is 20.3 Å². The number of likely N-dealkylation sites (tertiary alicyclic amines) is 1. The number of hydrogen-bond acceptors (Lipinski definition) is 1. The third-order valence-corrected chi connectivity index (χ3v) is 3.24. The van der Waals surface area contributed by atoms with Crippen molar-refractivity contribution < 1.29 is 9.18 Å². The summed E-state index contributed by atoms with van der Waals surface area (Å²) in [7, 11) is 0. The largest absolute Gasteiger partial charge is 0.345 e. The van der Waals surface area contributed by atoms with Crippen LogP contribution in [-0.2, 0) is 11.2 Å². The van der Waals surface area contributed by atoms with E-state index in [9.17, 15) is 9.18 Å². The van der Waals surface area contributed by atoms with E-state index in [0.717, 1.165) is 38.8 Å². The summed E-state index contributed by atoms with van der Waals surface area (Å²) in [6.07, 6.45) is 4.02. The van der Waals surface area contributed by atoms with E-state index in [1.165, 1.54) is 17.7 Å². The van der Waals surface area contributed by atoms with E-state index in [0.29, 0.717) is 5.92 Å². The third kappa shape index (κ3) is 2.81. The number of amides is 1. The second kappa shape index (κ2) is 5.10. The number of halogens is 1. The summed E-state index contributed by atoms with van der Waals surface area (Å²) >= 11 is 0. The van der Waals surface area contributed by atoms with Crippen LogP contribution in [0.25, 0.3) is 0 Å². The number of carbonyl (C=O) groups is 1. The van der Waals surface area contributed by atoms with E-state index in [-0.39, 0.29) is 5.82 Å². The predicted molar refractivity (Wildman–Crippen MR) is 60.5 cm³/mol. The highest BCUT2D eigenvalue weighted by Crippen LogP contribution is 2.20. The van der Waals surface area contributed by atoms with Crippen LogP contribution in [0.15, 0.2) is 24.3 Å². The number of nitrogens with zero attached hydrogens (tertiary/aromatic N) is 1. The van der Waals surface area contributed by atoms with Crippen LogP contribution in [-0.4, -0.2) is 24.4 Å². The normalized spacial score (nSPS) is 17.4. The van der Waals surface area contributed by atoms with Gasteiger partial charge in [0.05, 0.1) is 0 Å². The monoisotopic (exact) mass is 221 g/mol. The lowest BCUT2D eigenvalue weighted by molar-refractivity contribution is -0.119. The van der Waals surface area contributed by atoms with Gasteiger partial charge in [0.15, 0.2) is 0 Å². The van der Waals surface area contributed by atoms with Gasteiger partial charge in [0.2, 0.25) is 6.41 Å². The van der Waals surface area contributed by atoms with Crippen molar-refractivity contribution in [3.8, 4) is 0 Å². The molecule has 0 aromatic heterocycles. The van der Waals surface area contributed by atoms with Gasteiger partial charge in [-0.05, 0) is 42.9 Å². The Morgan fingerprint density at radius 2 is 1.88 bits per heavy atom. The van der Waals surface area contributed by atoms with Gasteiger partial charge in [-0.1, -0.05) is 12.1 Å². The standard InChI is InChI=1S/C13H16FNO/c14-13-3-1-11(2-4-13)9-12-5-7-15(10-16)8-6-12/h1-4,10,12H,5-9H2. The molecule has 1 saturated heterocycles. The molecule has 1 heterocycles. The maximum atomic E-state index is 12.7. The zero-order valence-electron chi connectivity index (χ0n) is 9.23. The molecular weight excluding hydrogens is 205 g/mol. The van der Waals surface area contributed by atoms with Crippen LogP contribution < -0.4 is 0 Å². The smallest absolute Gasteiger partial charge is 0.209 e. The molecule has 0 N–H and O–H groups in total. The zero-order valence-corrected chi connectivity index (χ0v) is 9.23. The van der Waals surface area contributed by atoms with Crippen LogP contribution in [0.3, 0.4) is 0 Å². The SMILES string of the molecule is O=CN1CCC(Cc2ccc(F)cc2)CC1. The first-order valence-electron chi connectivity index (χ1n) is 5.72. The summed E-state index contributed by atoms with van der Waals surface area (Å²) in [4.78, 5) is 12.4. The molecule has 1 aliphatic heterocycles.